The van der Waals surface area contributed by atoms with Crippen molar-refractivity contribution in [2.75, 3.05) is 18.5 Å². The Morgan fingerprint density at radius 3 is 2.74 bits per heavy atom. The second-order valence-corrected chi connectivity index (χ2v) is 5.50. The van der Waals surface area contributed by atoms with E-state index in [1.165, 1.54) is 56.2 Å². The molecular formula is C17H27NO. The summed E-state index contributed by atoms with van der Waals surface area (Å²) < 4.78 is 5.63. The first-order chi connectivity index (χ1) is 9.38. The Bertz CT molecular complexity index is 341. The van der Waals surface area contributed by atoms with E-state index in [2.05, 4.69) is 36.5 Å². The molecule has 1 N–H and O–H groups in total. The van der Waals surface area contributed by atoms with Crippen LogP contribution in [0.5, 0.6) is 0 Å². The van der Waals surface area contributed by atoms with Crippen molar-refractivity contribution in [2.45, 2.75) is 58.0 Å². The lowest BCUT2D eigenvalue weighted by atomic mass is 10.1. The minimum Gasteiger partial charge on any atom is -0.385 e. The van der Waals surface area contributed by atoms with Gasteiger partial charge in [-0.3, -0.25) is 0 Å². The van der Waals surface area contributed by atoms with Gasteiger partial charge in [-0.1, -0.05) is 25.5 Å². The van der Waals surface area contributed by atoms with Crippen molar-refractivity contribution in [1.82, 2.24) is 0 Å². The van der Waals surface area contributed by atoms with E-state index < -0.39 is 0 Å². The van der Waals surface area contributed by atoms with Gasteiger partial charge in [0.15, 0.2) is 0 Å². The first-order valence-corrected chi connectivity index (χ1v) is 7.83. The fraction of sp³-hybridized carbons (Fsp3) is 0.647. The van der Waals surface area contributed by atoms with E-state index in [1.54, 1.807) is 0 Å². The van der Waals surface area contributed by atoms with Crippen LogP contribution >= 0.6 is 0 Å². The molecule has 0 amide bonds. The summed E-state index contributed by atoms with van der Waals surface area (Å²) in [5, 5.41) is 3.50. The number of rotatable bonds is 8. The number of hydrogen-bond acceptors (Lipinski definition) is 2. The SMILES string of the molecule is CCCCc1ccc(NCCCC2CCCO2)cc1. The smallest absolute Gasteiger partial charge is 0.0576 e. The zero-order chi connectivity index (χ0) is 13.3. The van der Waals surface area contributed by atoms with Gasteiger partial charge in [0, 0.05) is 18.8 Å². The van der Waals surface area contributed by atoms with Crippen molar-refractivity contribution in [3.05, 3.63) is 29.8 Å². The summed E-state index contributed by atoms with van der Waals surface area (Å²) in [6, 6.07) is 8.91. The van der Waals surface area contributed by atoms with Gasteiger partial charge < -0.3 is 10.1 Å². The van der Waals surface area contributed by atoms with E-state index in [1.807, 2.05) is 0 Å². The second kappa shape index (κ2) is 8.21. The van der Waals surface area contributed by atoms with Crippen molar-refractivity contribution in [3.8, 4) is 0 Å². The zero-order valence-electron chi connectivity index (χ0n) is 12.2. The number of nitrogens with one attached hydrogen (secondary N) is 1. The van der Waals surface area contributed by atoms with Crippen LogP contribution in [-0.4, -0.2) is 19.3 Å². The van der Waals surface area contributed by atoms with Gasteiger partial charge in [0.05, 0.1) is 6.10 Å². The Labute approximate surface area is 117 Å². The summed E-state index contributed by atoms with van der Waals surface area (Å²) in [7, 11) is 0. The van der Waals surface area contributed by atoms with Gasteiger partial charge in [0.2, 0.25) is 0 Å². The van der Waals surface area contributed by atoms with Crippen LogP contribution in [0.3, 0.4) is 0 Å². The number of benzene rings is 1. The minimum absolute atomic E-state index is 0.526. The quantitative estimate of drug-likeness (QED) is 0.700. The maximum absolute atomic E-state index is 5.63. The lowest BCUT2D eigenvalue weighted by molar-refractivity contribution is 0.103. The first-order valence-electron chi connectivity index (χ1n) is 7.83. The predicted octanol–water partition coefficient (Wildman–Crippen LogP) is 4.40. The monoisotopic (exact) mass is 261 g/mol. The molecule has 1 aliphatic heterocycles. The lowest BCUT2D eigenvalue weighted by Gasteiger charge is -2.10. The molecule has 0 radical (unpaired) electrons. The Morgan fingerprint density at radius 2 is 2.05 bits per heavy atom. The number of aryl methyl sites for hydroxylation is 1. The molecule has 0 saturated carbocycles. The van der Waals surface area contributed by atoms with Crippen molar-refractivity contribution in [1.29, 1.82) is 0 Å². The average Bonchev–Trinajstić information content (AvgIpc) is 2.96. The Kier molecular flexibility index (Phi) is 6.22. The van der Waals surface area contributed by atoms with Gasteiger partial charge in [-0.2, -0.15) is 0 Å². The standard InChI is InChI=1S/C17H27NO/c1-2-3-6-15-9-11-16(12-10-15)18-13-4-7-17-8-5-14-19-17/h9-12,17-18H,2-8,13-14H2,1H3. The summed E-state index contributed by atoms with van der Waals surface area (Å²) in [5.41, 5.74) is 2.69. The van der Waals surface area contributed by atoms with Gasteiger partial charge in [0.25, 0.3) is 0 Å². The molecule has 106 valence electrons. The third-order valence-electron chi connectivity index (χ3n) is 3.83. The van der Waals surface area contributed by atoms with Crippen LogP contribution < -0.4 is 5.32 Å². The molecule has 19 heavy (non-hydrogen) atoms. The zero-order valence-corrected chi connectivity index (χ0v) is 12.2. The summed E-state index contributed by atoms with van der Waals surface area (Å²) in [5.74, 6) is 0. The number of ether oxygens (including phenoxy) is 1. The molecule has 0 aromatic heterocycles. The van der Waals surface area contributed by atoms with Gasteiger partial charge in [0.1, 0.15) is 0 Å². The molecule has 2 heteroatoms. The maximum Gasteiger partial charge on any atom is 0.0576 e. The van der Waals surface area contributed by atoms with Crippen LogP contribution in [0.15, 0.2) is 24.3 Å². The molecule has 0 bridgehead atoms. The van der Waals surface area contributed by atoms with E-state index >= 15 is 0 Å². The highest BCUT2D eigenvalue weighted by Crippen LogP contribution is 2.17. The highest BCUT2D eigenvalue weighted by atomic mass is 16.5. The van der Waals surface area contributed by atoms with E-state index in [4.69, 9.17) is 4.74 Å². The van der Waals surface area contributed by atoms with Crippen molar-refractivity contribution >= 4 is 5.69 Å². The number of unbranched alkanes of at least 4 members (excludes halogenated alkanes) is 1. The summed E-state index contributed by atoms with van der Waals surface area (Å²) >= 11 is 0. The molecule has 2 nitrogen and oxygen atoms in total. The van der Waals surface area contributed by atoms with E-state index in [0.717, 1.165) is 13.2 Å². The first kappa shape index (κ1) is 14.4. The molecular weight excluding hydrogens is 234 g/mol. The van der Waals surface area contributed by atoms with Crippen LogP contribution in [0.4, 0.5) is 5.69 Å². The molecule has 1 aromatic carbocycles. The average molecular weight is 261 g/mol. The summed E-state index contributed by atoms with van der Waals surface area (Å²) in [4.78, 5) is 0. The predicted molar refractivity (Wildman–Crippen MR) is 81.8 cm³/mol. The van der Waals surface area contributed by atoms with Gasteiger partial charge >= 0.3 is 0 Å². The number of anilines is 1. The molecule has 1 heterocycles. The van der Waals surface area contributed by atoms with E-state index in [0.29, 0.717) is 6.10 Å². The molecule has 0 spiro atoms. The third-order valence-corrected chi connectivity index (χ3v) is 3.83. The molecule has 1 aromatic rings. The third kappa shape index (κ3) is 5.23. The lowest BCUT2D eigenvalue weighted by Crippen LogP contribution is -2.09. The van der Waals surface area contributed by atoms with Crippen molar-refractivity contribution in [3.63, 3.8) is 0 Å². The van der Waals surface area contributed by atoms with Crippen LogP contribution in [0.2, 0.25) is 0 Å². The van der Waals surface area contributed by atoms with Gasteiger partial charge in [-0.05, 0) is 56.2 Å². The highest BCUT2D eigenvalue weighted by Gasteiger charge is 2.14. The minimum atomic E-state index is 0.526. The Hall–Kier alpha value is -1.02. The topological polar surface area (TPSA) is 21.3 Å². The molecule has 1 saturated heterocycles. The van der Waals surface area contributed by atoms with Crippen LogP contribution in [0.1, 0.15) is 51.0 Å². The molecule has 1 fully saturated rings. The van der Waals surface area contributed by atoms with Crippen molar-refractivity contribution < 1.29 is 4.74 Å². The van der Waals surface area contributed by atoms with Crippen LogP contribution in [0.25, 0.3) is 0 Å². The maximum atomic E-state index is 5.63. The molecule has 2 rings (SSSR count). The largest absolute Gasteiger partial charge is 0.385 e. The number of hydrogen-bond donors (Lipinski definition) is 1. The fourth-order valence-corrected chi connectivity index (χ4v) is 2.60. The fourth-order valence-electron chi connectivity index (χ4n) is 2.60. The Balaban J connectivity index is 1.62. The van der Waals surface area contributed by atoms with Gasteiger partial charge in [-0.25, -0.2) is 0 Å². The van der Waals surface area contributed by atoms with E-state index in [-0.39, 0.29) is 0 Å². The molecule has 1 atom stereocenters. The molecule has 0 aliphatic carbocycles. The molecule has 1 aliphatic rings. The summed E-state index contributed by atoms with van der Waals surface area (Å²) in [6.45, 7) is 4.26. The van der Waals surface area contributed by atoms with Crippen LogP contribution in [-0.2, 0) is 11.2 Å². The van der Waals surface area contributed by atoms with Gasteiger partial charge in [-0.15, -0.1) is 0 Å². The van der Waals surface area contributed by atoms with Crippen LogP contribution in [0, 0.1) is 0 Å². The molecule has 1 unspecified atom stereocenters. The normalized spacial score (nSPS) is 18.7. The second-order valence-electron chi connectivity index (χ2n) is 5.50. The van der Waals surface area contributed by atoms with Crippen molar-refractivity contribution in [2.24, 2.45) is 0 Å². The Morgan fingerprint density at radius 1 is 1.21 bits per heavy atom. The highest BCUT2D eigenvalue weighted by molar-refractivity contribution is 5.44. The summed E-state index contributed by atoms with van der Waals surface area (Å²) in [6.07, 6.45) is 9.18. The van der Waals surface area contributed by atoms with E-state index in [9.17, 15) is 0 Å².